The van der Waals surface area contributed by atoms with Crippen LogP contribution in [0.25, 0.3) is 0 Å². The van der Waals surface area contributed by atoms with E-state index in [-0.39, 0.29) is 6.04 Å². The van der Waals surface area contributed by atoms with Crippen molar-refractivity contribution in [3.63, 3.8) is 0 Å². The van der Waals surface area contributed by atoms with E-state index in [1.807, 2.05) is 7.05 Å². The molecule has 0 fully saturated rings. The Kier molecular flexibility index (Phi) is 4.48. The quantitative estimate of drug-likeness (QED) is 0.797. The first-order valence-corrected chi connectivity index (χ1v) is 6.53. The number of benzene rings is 1. The molecule has 0 amide bonds. The van der Waals surface area contributed by atoms with Crippen molar-refractivity contribution in [2.45, 2.75) is 38.1 Å². The van der Waals surface area contributed by atoms with E-state index in [2.05, 4.69) is 11.4 Å². The molecule has 1 aliphatic carbocycles. The van der Waals surface area contributed by atoms with E-state index < -0.39 is 11.6 Å². The van der Waals surface area contributed by atoms with Gasteiger partial charge in [0.1, 0.15) is 11.6 Å². The zero-order valence-corrected chi connectivity index (χ0v) is 10.7. The Bertz CT molecular complexity index is 420. The van der Waals surface area contributed by atoms with Crippen molar-refractivity contribution in [1.82, 2.24) is 5.32 Å². The van der Waals surface area contributed by atoms with Crippen LogP contribution in [0.2, 0.25) is 0 Å². The third-order valence-corrected chi connectivity index (χ3v) is 3.45. The molecular formula is C15H19F2N. The van der Waals surface area contributed by atoms with Crippen LogP contribution in [-0.2, 0) is 0 Å². The van der Waals surface area contributed by atoms with Crippen LogP contribution in [0.5, 0.6) is 0 Å². The van der Waals surface area contributed by atoms with Crippen molar-refractivity contribution < 1.29 is 8.78 Å². The predicted octanol–water partition coefficient (Wildman–Crippen LogP) is 4.12. The molecule has 0 saturated heterocycles. The number of halogens is 2. The monoisotopic (exact) mass is 251 g/mol. The lowest BCUT2D eigenvalue weighted by molar-refractivity contribution is 0.566. The average molecular weight is 251 g/mol. The zero-order valence-electron chi connectivity index (χ0n) is 10.7. The van der Waals surface area contributed by atoms with Gasteiger partial charge in [-0.15, -0.1) is 0 Å². The van der Waals surface area contributed by atoms with Crippen LogP contribution in [0.4, 0.5) is 8.78 Å². The molecule has 1 nitrogen and oxygen atoms in total. The molecule has 1 unspecified atom stereocenters. The Morgan fingerprint density at radius 2 is 1.78 bits per heavy atom. The van der Waals surface area contributed by atoms with E-state index in [0.717, 1.165) is 25.3 Å². The third kappa shape index (κ3) is 3.16. The summed E-state index contributed by atoms with van der Waals surface area (Å²) >= 11 is 0. The Balaban J connectivity index is 2.29. The van der Waals surface area contributed by atoms with Gasteiger partial charge < -0.3 is 5.32 Å². The van der Waals surface area contributed by atoms with Gasteiger partial charge in [-0.05, 0) is 50.4 Å². The van der Waals surface area contributed by atoms with Crippen LogP contribution in [0.15, 0.2) is 29.8 Å². The Labute approximate surface area is 107 Å². The summed E-state index contributed by atoms with van der Waals surface area (Å²) in [4.78, 5) is 0. The van der Waals surface area contributed by atoms with Gasteiger partial charge in [0.2, 0.25) is 0 Å². The van der Waals surface area contributed by atoms with Crippen LogP contribution in [0, 0.1) is 11.6 Å². The molecule has 0 bridgehead atoms. The van der Waals surface area contributed by atoms with Crippen molar-refractivity contribution in [1.29, 1.82) is 0 Å². The van der Waals surface area contributed by atoms with E-state index in [9.17, 15) is 8.78 Å². The molecule has 1 aromatic carbocycles. The summed E-state index contributed by atoms with van der Waals surface area (Å²) in [5.41, 5.74) is 1.92. The minimum Gasteiger partial charge on any atom is -0.310 e. The lowest BCUT2D eigenvalue weighted by atomic mass is 9.95. The van der Waals surface area contributed by atoms with Crippen molar-refractivity contribution in [3.8, 4) is 0 Å². The van der Waals surface area contributed by atoms with Crippen LogP contribution in [0.1, 0.15) is 43.7 Å². The molecule has 0 radical (unpaired) electrons. The van der Waals surface area contributed by atoms with E-state index in [1.165, 1.54) is 30.5 Å². The Morgan fingerprint density at radius 3 is 2.44 bits per heavy atom. The zero-order chi connectivity index (χ0) is 13.0. The lowest BCUT2D eigenvalue weighted by Crippen LogP contribution is -2.19. The minimum atomic E-state index is -0.514. The van der Waals surface area contributed by atoms with Gasteiger partial charge in [-0.1, -0.05) is 18.1 Å². The molecule has 1 N–H and O–H groups in total. The SMILES string of the molecule is CNC(C1=CCCCCC1)c1cc(F)cc(F)c1. The average Bonchev–Trinajstić information content (AvgIpc) is 2.58. The summed E-state index contributed by atoms with van der Waals surface area (Å²) < 4.78 is 26.6. The Morgan fingerprint density at radius 1 is 1.06 bits per heavy atom. The van der Waals surface area contributed by atoms with Gasteiger partial charge in [0.05, 0.1) is 6.04 Å². The maximum atomic E-state index is 13.3. The smallest absolute Gasteiger partial charge is 0.126 e. The van der Waals surface area contributed by atoms with Crippen LogP contribution in [-0.4, -0.2) is 7.05 Å². The molecular weight excluding hydrogens is 232 g/mol. The molecule has 2 rings (SSSR count). The molecule has 0 spiro atoms. The molecule has 98 valence electrons. The van der Waals surface area contributed by atoms with Crippen molar-refractivity contribution in [2.75, 3.05) is 7.05 Å². The number of likely N-dealkylation sites (N-methyl/N-ethyl adjacent to an activating group) is 1. The molecule has 18 heavy (non-hydrogen) atoms. The van der Waals surface area contributed by atoms with Gasteiger partial charge in [-0.25, -0.2) is 8.78 Å². The molecule has 1 aliphatic rings. The minimum absolute atomic E-state index is 0.0756. The largest absolute Gasteiger partial charge is 0.310 e. The van der Waals surface area contributed by atoms with Crippen molar-refractivity contribution in [3.05, 3.63) is 47.0 Å². The molecule has 3 heteroatoms. The Hall–Kier alpha value is -1.22. The first-order chi connectivity index (χ1) is 8.70. The summed E-state index contributed by atoms with van der Waals surface area (Å²) in [6.45, 7) is 0. The number of rotatable bonds is 3. The molecule has 0 aliphatic heterocycles. The van der Waals surface area contributed by atoms with E-state index in [4.69, 9.17) is 0 Å². The highest BCUT2D eigenvalue weighted by Crippen LogP contribution is 2.29. The second kappa shape index (κ2) is 6.10. The molecule has 1 atom stereocenters. The fraction of sp³-hybridized carbons (Fsp3) is 0.467. The second-order valence-electron chi connectivity index (χ2n) is 4.80. The second-order valence-corrected chi connectivity index (χ2v) is 4.80. The highest BCUT2D eigenvalue weighted by Gasteiger charge is 2.17. The summed E-state index contributed by atoms with van der Waals surface area (Å²) in [6, 6.07) is 3.66. The number of hydrogen-bond acceptors (Lipinski definition) is 1. The van der Waals surface area contributed by atoms with Gasteiger partial charge in [0.25, 0.3) is 0 Å². The number of allylic oxidation sites excluding steroid dienone is 1. The number of nitrogens with one attached hydrogen (secondary N) is 1. The van der Waals surface area contributed by atoms with Crippen LogP contribution >= 0.6 is 0 Å². The number of hydrogen-bond donors (Lipinski definition) is 1. The molecule has 0 saturated carbocycles. The van der Waals surface area contributed by atoms with Gasteiger partial charge in [-0.2, -0.15) is 0 Å². The van der Waals surface area contributed by atoms with E-state index >= 15 is 0 Å². The van der Waals surface area contributed by atoms with Gasteiger partial charge in [0, 0.05) is 6.07 Å². The topological polar surface area (TPSA) is 12.0 Å². The first kappa shape index (κ1) is 13.2. The van der Waals surface area contributed by atoms with Crippen molar-refractivity contribution in [2.24, 2.45) is 0 Å². The van der Waals surface area contributed by atoms with Crippen LogP contribution < -0.4 is 5.32 Å². The van der Waals surface area contributed by atoms with Gasteiger partial charge in [-0.3, -0.25) is 0 Å². The van der Waals surface area contributed by atoms with Crippen LogP contribution in [0.3, 0.4) is 0 Å². The summed E-state index contributed by atoms with van der Waals surface area (Å²) in [7, 11) is 1.83. The standard InChI is InChI=1S/C15H19F2N/c1-18-15(11-6-4-2-3-5-7-11)12-8-13(16)10-14(17)9-12/h6,8-10,15,18H,2-5,7H2,1H3. The van der Waals surface area contributed by atoms with Crippen molar-refractivity contribution >= 4 is 0 Å². The fourth-order valence-electron chi connectivity index (χ4n) is 2.61. The fourth-order valence-corrected chi connectivity index (χ4v) is 2.61. The van der Waals surface area contributed by atoms with Gasteiger partial charge in [0.15, 0.2) is 0 Å². The van der Waals surface area contributed by atoms with E-state index in [1.54, 1.807) is 0 Å². The van der Waals surface area contributed by atoms with Gasteiger partial charge >= 0.3 is 0 Å². The maximum absolute atomic E-state index is 13.3. The predicted molar refractivity (Wildman–Crippen MR) is 69.3 cm³/mol. The summed E-state index contributed by atoms with van der Waals surface area (Å²) in [5, 5.41) is 3.17. The normalized spacial score (nSPS) is 18.1. The molecule has 0 aromatic heterocycles. The van der Waals surface area contributed by atoms with E-state index in [0.29, 0.717) is 5.56 Å². The summed E-state index contributed by atoms with van der Waals surface area (Å²) in [5.74, 6) is -1.03. The molecule has 0 heterocycles. The lowest BCUT2D eigenvalue weighted by Gasteiger charge is -2.20. The third-order valence-electron chi connectivity index (χ3n) is 3.45. The summed E-state index contributed by atoms with van der Waals surface area (Å²) in [6.07, 6.45) is 7.87. The highest BCUT2D eigenvalue weighted by molar-refractivity contribution is 5.29. The maximum Gasteiger partial charge on any atom is 0.126 e. The first-order valence-electron chi connectivity index (χ1n) is 6.53. The highest BCUT2D eigenvalue weighted by atomic mass is 19.1. The molecule has 1 aromatic rings.